The average Bonchev–Trinajstić information content (AvgIpc) is 2.28. The first-order valence-corrected chi connectivity index (χ1v) is 4.73. The molecule has 15 heavy (non-hydrogen) atoms. The Morgan fingerprint density at radius 3 is 2.20 bits per heavy atom. The van der Waals surface area contributed by atoms with Gasteiger partial charge in [0.05, 0.1) is 0 Å². The molecule has 0 saturated heterocycles. The van der Waals surface area contributed by atoms with Crippen LogP contribution >= 0.6 is 0 Å². The fraction of sp³-hybridized carbons (Fsp3) is 0.889. The summed E-state index contributed by atoms with van der Waals surface area (Å²) < 4.78 is 37.7. The Morgan fingerprint density at radius 2 is 1.80 bits per heavy atom. The third kappa shape index (κ3) is 3.00. The van der Waals surface area contributed by atoms with Crippen molar-refractivity contribution in [1.82, 2.24) is 9.91 Å². The van der Waals surface area contributed by atoms with E-state index in [4.69, 9.17) is 0 Å². The summed E-state index contributed by atoms with van der Waals surface area (Å²) in [5.41, 5.74) is -0.171. The quantitative estimate of drug-likeness (QED) is 0.636. The number of hydrogen-bond acceptors (Lipinski definition) is 3. The van der Waals surface area contributed by atoms with Crippen LogP contribution in [0.5, 0.6) is 0 Å². The maximum absolute atomic E-state index is 12.6. The second kappa shape index (κ2) is 3.57. The molecule has 6 heteroatoms. The summed E-state index contributed by atoms with van der Waals surface area (Å²) in [6.07, 6.45) is -3.84. The zero-order valence-electron chi connectivity index (χ0n) is 9.34. The zero-order valence-corrected chi connectivity index (χ0v) is 9.34. The Kier molecular flexibility index (Phi) is 2.89. The number of halogens is 3. The highest BCUT2D eigenvalue weighted by molar-refractivity contribution is 5.57. The lowest BCUT2D eigenvalue weighted by molar-refractivity contribution is -0.236. The Labute approximate surface area is 87.5 Å². The van der Waals surface area contributed by atoms with E-state index in [0.29, 0.717) is 11.3 Å². The van der Waals surface area contributed by atoms with Crippen molar-refractivity contribution in [3.63, 3.8) is 0 Å². The SMILES string of the molecule is CN1N=CN(C(F)(F)F)C1CC(C)(C)C. The van der Waals surface area contributed by atoms with Gasteiger partial charge in [0.15, 0.2) is 0 Å². The minimum atomic E-state index is -4.36. The summed E-state index contributed by atoms with van der Waals surface area (Å²) in [4.78, 5) is 0.345. The van der Waals surface area contributed by atoms with E-state index in [9.17, 15) is 13.2 Å². The Hall–Kier alpha value is -0.940. The van der Waals surface area contributed by atoms with Gasteiger partial charge in [-0.2, -0.15) is 5.10 Å². The maximum atomic E-state index is 12.6. The third-order valence-electron chi connectivity index (χ3n) is 2.20. The van der Waals surface area contributed by atoms with Gasteiger partial charge in [-0.15, -0.1) is 13.2 Å². The van der Waals surface area contributed by atoms with Gasteiger partial charge in [-0.25, -0.2) is 0 Å². The summed E-state index contributed by atoms with van der Waals surface area (Å²) in [7, 11) is 1.55. The zero-order chi connectivity index (χ0) is 11.9. The lowest BCUT2D eigenvalue weighted by atomic mass is 9.90. The standard InChI is InChI=1S/C9H16F3N3/c1-8(2,3)5-7-14(4)13-6-15(7)9(10,11)12/h6-7H,5H2,1-4H3. The van der Waals surface area contributed by atoms with E-state index in [1.165, 1.54) is 5.01 Å². The van der Waals surface area contributed by atoms with Crippen molar-refractivity contribution >= 4 is 6.34 Å². The van der Waals surface area contributed by atoms with Crippen molar-refractivity contribution in [2.75, 3.05) is 7.05 Å². The predicted octanol–water partition coefficient (Wildman–Crippen LogP) is 2.46. The first-order valence-electron chi connectivity index (χ1n) is 4.73. The van der Waals surface area contributed by atoms with Gasteiger partial charge in [-0.05, 0) is 11.8 Å². The van der Waals surface area contributed by atoms with Crippen LogP contribution in [0, 0.1) is 5.41 Å². The van der Waals surface area contributed by atoms with Crippen molar-refractivity contribution in [3.8, 4) is 0 Å². The molecule has 0 radical (unpaired) electrons. The van der Waals surface area contributed by atoms with Crippen LogP contribution in [0.1, 0.15) is 27.2 Å². The molecule has 0 spiro atoms. The summed E-state index contributed by atoms with van der Waals surface area (Å²) >= 11 is 0. The maximum Gasteiger partial charge on any atom is 0.487 e. The molecule has 1 heterocycles. The molecule has 0 N–H and O–H groups in total. The minimum Gasteiger partial charge on any atom is -0.276 e. The number of alkyl halides is 3. The summed E-state index contributed by atoms with van der Waals surface area (Å²) in [5, 5.41) is 5.01. The normalized spacial score (nSPS) is 22.7. The highest BCUT2D eigenvalue weighted by Gasteiger charge is 2.45. The van der Waals surface area contributed by atoms with Gasteiger partial charge >= 0.3 is 6.30 Å². The first-order chi connectivity index (χ1) is 6.61. The van der Waals surface area contributed by atoms with Gasteiger partial charge in [0.1, 0.15) is 12.5 Å². The van der Waals surface area contributed by atoms with Gasteiger partial charge in [0, 0.05) is 7.05 Å². The topological polar surface area (TPSA) is 18.8 Å². The molecular weight excluding hydrogens is 207 g/mol. The average molecular weight is 223 g/mol. The number of hydrogen-bond donors (Lipinski definition) is 0. The van der Waals surface area contributed by atoms with E-state index >= 15 is 0 Å². The van der Waals surface area contributed by atoms with Crippen molar-refractivity contribution in [1.29, 1.82) is 0 Å². The molecule has 0 fully saturated rings. The van der Waals surface area contributed by atoms with Crippen LogP contribution < -0.4 is 0 Å². The highest BCUT2D eigenvalue weighted by atomic mass is 19.4. The molecule has 0 aromatic rings. The van der Waals surface area contributed by atoms with Crippen molar-refractivity contribution in [3.05, 3.63) is 0 Å². The molecule has 0 aromatic carbocycles. The monoisotopic (exact) mass is 223 g/mol. The number of rotatable bonds is 1. The van der Waals surface area contributed by atoms with Crippen molar-refractivity contribution in [2.45, 2.75) is 39.7 Å². The molecule has 88 valence electrons. The van der Waals surface area contributed by atoms with E-state index in [2.05, 4.69) is 5.10 Å². The molecule has 0 saturated carbocycles. The third-order valence-corrected chi connectivity index (χ3v) is 2.20. The second-order valence-corrected chi connectivity index (χ2v) is 4.93. The van der Waals surface area contributed by atoms with E-state index in [1.54, 1.807) is 7.05 Å². The van der Waals surface area contributed by atoms with Crippen LogP contribution in [0.2, 0.25) is 0 Å². The smallest absolute Gasteiger partial charge is 0.276 e. The molecule has 0 amide bonds. The minimum absolute atomic E-state index is 0.171. The van der Waals surface area contributed by atoms with Crippen molar-refractivity contribution in [2.24, 2.45) is 10.5 Å². The summed E-state index contributed by atoms with van der Waals surface area (Å²) in [6.45, 7) is 5.73. The Balaban J connectivity index is 2.77. The molecule has 1 atom stereocenters. The molecule has 1 aliphatic heterocycles. The molecule has 1 unspecified atom stereocenters. The summed E-state index contributed by atoms with van der Waals surface area (Å²) in [6, 6.07) is 0. The largest absolute Gasteiger partial charge is 0.487 e. The fourth-order valence-electron chi connectivity index (χ4n) is 1.48. The molecule has 0 bridgehead atoms. The Bertz CT molecular complexity index is 254. The van der Waals surface area contributed by atoms with Gasteiger partial charge < -0.3 is 0 Å². The van der Waals surface area contributed by atoms with Crippen LogP contribution in [0.25, 0.3) is 0 Å². The van der Waals surface area contributed by atoms with Crippen LogP contribution in [0.4, 0.5) is 13.2 Å². The summed E-state index contributed by atoms with van der Waals surface area (Å²) in [5.74, 6) is 0. The molecule has 1 rings (SSSR count). The number of hydrazone groups is 1. The van der Waals surface area contributed by atoms with Crippen LogP contribution in [0.3, 0.4) is 0 Å². The molecular formula is C9H16F3N3. The van der Waals surface area contributed by atoms with Crippen LogP contribution in [-0.4, -0.2) is 35.8 Å². The second-order valence-electron chi connectivity index (χ2n) is 4.93. The number of nitrogens with zero attached hydrogens (tertiary/aromatic N) is 3. The highest BCUT2D eigenvalue weighted by Crippen LogP contribution is 2.33. The molecule has 0 aromatic heterocycles. The van der Waals surface area contributed by atoms with E-state index in [0.717, 1.165) is 6.34 Å². The van der Waals surface area contributed by atoms with Gasteiger partial charge in [0.25, 0.3) is 0 Å². The van der Waals surface area contributed by atoms with E-state index in [-0.39, 0.29) is 5.41 Å². The molecule has 3 nitrogen and oxygen atoms in total. The Morgan fingerprint density at radius 1 is 1.27 bits per heavy atom. The lowest BCUT2D eigenvalue weighted by Crippen LogP contribution is -2.47. The lowest BCUT2D eigenvalue weighted by Gasteiger charge is -2.33. The van der Waals surface area contributed by atoms with Gasteiger partial charge in [-0.1, -0.05) is 20.8 Å². The van der Waals surface area contributed by atoms with Crippen LogP contribution in [-0.2, 0) is 0 Å². The molecule has 1 aliphatic rings. The van der Waals surface area contributed by atoms with Crippen LogP contribution in [0.15, 0.2) is 5.10 Å². The first kappa shape index (κ1) is 12.1. The van der Waals surface area contributed by atoms with Crippen molar-refractivity contribution < 1.29 is 13.2 Å². The van der Waals surface area contributed by atoms with E-state index in [1.807, 2.05) is 20.8 Å². The van der Waals surface area contributed by atoms with Gasteiger partial charge in [0.2, 0.25) is 0 Å². The predicted molar refractivity (Wildman–Crippen MR) is 52.0 cm³/mol. The van der Waals surface area contributed by atoms with Gasteiger partial charge in [-0.3, -0.25) is 9.91 Å². The fourth-order valence-corrected chi connectivity index (χ4v) is 1.48. The van der Waals surface area contributed by atoms with E-state index < -0.39 is 12.5 Å². The molecule has 0 aliphatic carbocycles.